The topological polar surface area (TPSA) is 45.7 Å². The summed E-state index contributed by atoms with van der Waals surface area (Å²) in [5, 5.41) is 7.45. The van der Waals surface area contributed by atoms with Crippen molar-refractivity contribution in [3.8, 4) is 0 Å². The number of halogens is 2. The molecule has 1 aliphatic heterocycles. The van der Waals surface area contributed by atoms with E-state index in [4.69, 9.17) is 16.3 Å². The summed E-state index contributed by atoms with van der Waals surface area (Å²) in [5.74, 6) is 0.833. The van der Waals surface area contributed by atoms with Crippen LogP contribution >= 0.6 is 35.6 Å². The molecule has 1 aromatic rings. The Hall–Kier alpha value is -0.530. The molecule has 1 fully saturated rings. The Kier molecular flexibility index (Phi) is 9.82. The number of hydrogen-bond acceptors (Lipinski definition) is 2. The Morgan fingerprint density at radius 1 is 1.32 bits per heavy atom. The number of hydrogen-bond donors (Lipinski definition) is 2. The molecule has 0 spiro atoms. The maximum absolute atomic E-state index is 6.14. The van der Waals surface area contributed by atoms with Gasteiger partial charge in [-0.15, -0.1) is 24.0 Å². The standard InChI is InChI=1S/C16H24ClN3O.HI/c1-18-16(20-11-9-14-6-4-12-21-14)19-10-8-13-5-2-3-7-15(13)17;/h2-3,5,7,14H,4,6,8-12H2,1H3,(H2,18,19,20);1H. The van der Waals surface area contributed by atoms with Gasteiger partial charge < -0.3 is 15.4 Å². The van der Waals surface area contributed by atoms with Crippen LogP contribution in [-0.4, -0.2) is 38.8 Å². The molecule has 1 aromatic carbocycles. The lowest BCUT2D eigenvalue weighted by molar-refractivity contribution is 0.105. The van der Waals surface area contributed by atoms with E-state index in [1.165, 1.54) is 12.8 Å². The Bertz CT molecular complexity index is 464. The van der Waals surface area contributed by atoms with E-state index in [0.29, 0.717) is 6.10 Å². The molecule has 0 bridgehead atoms. The number of aliphatic imine (C=N–C) groups is 1. The Morgan fingerprint density at radius 2 is 2.09 bits per heavy atom. The maximum Gasteiger partial charge on any atom is 0.190 e. The summed E-state index contributed by atoms with van der Waals surface area (Å²) in [6.45, 7) is 2.61. The van der Waals surface area contributed by atoms with Gasteiger partial charge in [0.15, 0.2) is 5.96 Å². The second-order valence-corrected chi connectivity index (χ2v) is 5.60. The van der Waals surface area contributed by atoms with Gasteiger partial charge in [0, 0.05) is 31.8 Å². The molecule has 0 aromatic heterocycles. The van der Waals surface area contributed by atoms with Crippen LogP contribution in [0.15, 0.2) is 29.3 Å². The Labute approximate surface area is 155 Å². The van der Waals surface area contributed by atoms with Crippen molar-refractivity contribution in [1.82, 2.24) is 10.6 Å². The normalized spacial score (nSPS) is 17.9. The number of nitrogens with zero attached hydrogens (tertiary/aromatic N) is 1. The molecule has 1 heterocycles. The number of guanidine groups is 1. The van der Waals surface area contributed by atoms with Gasteiger partial charge in [-0.2, -0.15) is 0 Å². The molecule has 0 aliphatic carbocycles. The molecule has 1 saturated heterocycles. The average Bonchev–Trinajstić information content (AvgIpc) is 3.01. The van der Waals surface area contributed by atoms with Crippen LogP contribution in [-0.2, 0) is 11.2 Å². The van der Waals surface area contributed by atoms with Gasteiger partial charge in [-0.25, -0.2) is 0 Å². The summed E-state index contributed by atoms with van der Waals surface area (Å²) in [4.78, 5) is 4.23. The molecule has 0 amide bonds. The number of rotatable bonds is 6. The Balaban J connectivity index is 0.00000242. The summed E-state index contributed by atoms with van der Waals surface area (Å²) in [6, 6.07) is 7.93. The van der Waals surface area contributed by atoms with E-state index in [1.807, 2.05) is 18.2 Å². The lowest BCUT2D eigenvalue weighted by Gasteiger charge is -2.14. The van der Waals surface area contributed by atoms with E-state index >= 15 is 0 Å². The minimum absolute atomic E-state index is 0. The van der Waals surface area contributed by atoms with Gasteiger partial charge in [0.05, 0.1) is 6.10 Å². The monoisotopic (exact) mass is 437 g/mol. The van der Waals surface area contributed by atoms with Gasteiger partial charge >= 0.3 is 0 Å². The highest BCUT2D eigenvalue weighted by Gasteiger charge is 2.14. The van der Waals surface area contributed by atoms with Crippen LogP contribution in [0.1, 0.15) is 24.8 Å². The fourth-order valence-corrected chi connectivity index (χ4v) is 2.69. The fourth-order valence-electron chi connectivity index (χ4n) is 2.46. The van der Waals surface area contributed by atoms with Crippen molar-refractivity contribution in [3.05, 3.63) is 34.9 Å². The summed E-state index contributed by atoms with van der Waals surface area (Å²) in [7, 11) is 1.79. The van der Waals surface area contributed by atoms with Crippen molar-refractivity contribution in [1.29, 1.82) is 0 Å². The van der Waals surface area contributed by atoms with Crippen molar-refractivity contribution in [3.63, 3.8) is 0 Å². The van der Waals surface area contributed by atoms with E-state index in [-0.39, 0.29) is 24.0 Å². The average molecular weight is 438 g/mol. The van der Waals surface area contributed by atoms with E-state index in [0.717, 1.165) is 49.1 Å². The first kappa shape index (κ1) is 19.5. The van der Waals surface area contributed by atoms with Crippen LogP contribution in [0.25, 0.3) is 0 Å². The molecule has 2 rings (SSSR count). The Morgan fingerprint density at radius 3 is 2.77 bits per heavy atom. The molecule has 124 valence electrons. The summed E-state index contributed by atoms with van der Waals surface area (Å²) < 4.78 is 5.61. The molecular weight excluding hydrogens is 413 g/mol. The summed E-state index contributed by atoms with van der Waals surface area (Å²) in [6.07, 6.45) is 4.70. The highest BCUT2D eigenvalue weighted by molar-refractivity contribution is 14.0. The summed E-state index contributed by atoms with van der Waals surface area (Å²) >= 11 is 6.14. The van der Waals surface area contributed by atoms with Gasteiger partial charge in [-0.3, -0.25) is 4.99 Å². The lowest BCUT2D eigenvalue weighted by atomic mass is 10.1. The number of nitrogens with one attached hydrogen (secondary N) is 2. The number of benzene rings is 1. The first-order valence-electron chi connectivity index (χ1n) is 7.59. The van der Waals surface area contributed by atoms with Crippen molar-refractivity contribution in [2.45, 2.75) is 31.8 Å². The van der Waals surface area contributed by atoms with Crippen LogP contribution < -0.4 is 10.6 Å². The van der Waals surface area contributed by atoms with E-state index in [1.54, 1.807) is 7.05 Å². The minimum Gasteiger partial charge on any atom is -0.378 e. The zero-order chi connectivity index (χ0) is 14.9. The van der Waals surface area contributed by atoms with E-state index < -0.39 is 0 Å². The molecule has 1 aliphatic rings. The van der Waals surface area contributed by atoms with Gasteiger partial charge in [-0.05, 0) is 37.3 Å². The molecule has 22 heavy (non-hydrogen) atoms. The molecule has 1 unspecified atom stereocenters. The third-order valence-electron chi connectivity index (χ3n) is 3.65. The van der Waals surface area contributed by atoms with Gasteiger partial charge in [0.1, 0.15) is 0 Å². The fraction of sp³-hybridized carbons (Fsp3) is 0.562. The van der Waals surface area contributed by atoms with Crippen molar-refractivity contribution in [2.75, 3.05) is 26.7 Å². The van der Waals surface area contributed by atoms with Crippen molar-refractivity contribution in [2.24, 2.45) is 4.99 Å². The zero-order valence-electron chi connectivity index (χ0n) is 13.0. The number of ether oxygens (including phenoxy) is 1. The second-order valence-electron chi connectivity index (χ2n) is 5.19. The minimum atomic E-state index is 0. The highest BCUT2D eigenvalue weighted by Crippen LogP contribution is 2.15. The van der Waals surface area contributed by atoms with Crippen molar-refractivity contribution < 1.29 is 4.74 Å². The van der Waals surface area contributed by atoms with E-state index in [2.05, 4.69) is 21.7 Å². The molecule has 0 radical (unpaired) electrons. The van der Waals surface area contributed by atoms with Crippen LogP contribution in [0.2, 0.25) is 5.02 Å². The van der Waals surface area contributed by atoms with Gasteiger partial charge in [0.25, 0.3) is 0 Å². The first-order valence-corrected chi connectivity index (χ1v) is 7.97. The molecule has 4 nitrogen and oxygen atoms in total. The molecule has 6 heteroatoms. The molecular formula is C16H25ClIN3O. The van der Waals surface area contributed by atoms with Crippen LogP contribution in [0.3, 0.4) is 0 Å². The third kappa shape index (κ3) is 6.71. The predicted octanol–water partition coefficient (Wildman–Crippen LogP) is 3.23. The van der Waals surface area contributed by atoms with Crippen molar-refractivity contribution >= 4 is 41.5 Å². The van der Waals surface area contributed by atoms with Crippen LogP contribution in [0, 0.1) is 0 Å². The molecule has 2 N–H and O–H groups in total. The molecule has 0 saturated carbocycles. The quantitative estimate of drug-likeness (QED) is 0.408. The van der Waals surface area contributed by atoms with Crippen LogP contribution in [0.4, 0.5) is 0 Å². The third-order valence-corrected chi connectivity index (χ3v) is 4.02. The SMILES string of the molecule is CN=C(NCCc1ccccc1Cl)NCCC1CCCO1.I. The maximum atomic E-state index is 6.14. The lowest BCUT2D eigenvalue weighted by Crippen LogP contribution is -2.39. The second kappa shape index (κ2) is 11.1. The highest BCUT2D eigenvalue weighted by atomic mass is 127. The van der Waals surface area contributed by atoms with E-state index in [9.17, 15) is 0 Å². The first-order chi connectivity index (χ1) is 10.3. The smallest absolute Gasteiger partial charge is 0.190 e. The van der Waals surface area contributed by atoms with Crippen LogP contribution in [0.5, 0.6) is 0 Å². The zero-order valence-corrected chi connectivity index (χ0v) is 16.1. The van der Waals surface area contributed by atoms with Gasteiger partial charge in [-0.1, -0.05) is 29.8 Å². The predicted molar refractivity (Wildman–Crippen MR) is 104 cm³/mol. The molecule has 1 atom stereocenters. The van der Waals surface area contributed by atoms with Gasteiger partial charge in [0.2, 0.25) is 0 Å². The summed E-state index contributed by atoms with van der Waals surface area (Å²) in [5.41, 5.74) is 1.15. The largest absolute Gasteiger partial charge is 0.378 e.